The molecule has 9 heteroatoms. The van der Waals surface area contributed by atoms with E-state index in [2.05, 4.69) is 5.32 Å². The molecule has 1 atom stereocenters. The smallest absolute Gasteiger partial charge is 0.407 e. The highest BCUT2D eigenvalue weighted by molar-refractivity contribution is 7.86. The van der Waals surface area contributed by atoms with Crippen LogP contribution >= 0.6 is 0 Å². The fourth-order valence-corrected chi connectivity index (χ4v) is 4.81. The van der Waals surface area contributed by atoms with Crippen molar-refractivity contribution >= 4 is 22.2 Å². The fourth-order valence-electron chi connectivity index (χ4n) is 4.35. The van der Waals surface area contributed by atoms with Gasteiger partial charge in [-0.2, -0.15) is 8.42 Å². The Labute approximate surface area is 210 Å². The molecule has 4 rings (SSSR count). The molecule has 0 fully saturated rings. The highest BCUT2D eigenvalue weighted by Crippen LogP contribution is 2.44. The van der Waals surface area contributed by atoms with Crippen molar-refractivity contribution in [3.63, 3.8) is 0 Å². The minimum Gasteiger partial charge on any atom is -0.464 e. The van der Waals surface area contributed by atoms with E-state index in [1.807, 2.05) is 48.5 Å². The Morgan fingerprint density at radius 3 is 2.17 bits per heavy atom. The molecule has 1 aliphatic carbocycles. The lowest BCUT2D eigenvalue weighted by Crippen LogP contribution is -2.44. The van der Waals surface area contributed by atoms with Gasteiger partial charge in [-0.15, -0.1) is 0 Å². The van der Waals surface area contributed by atoms with Gasteiger partial charge in [0.05, 0.1) is 12.9 Å². The minimum atomic E-state index is -3.71. The minimum absolute atomic E-state index is 0.0595. The van der Waals surface area contributed by atoms with Crippen LogP contribution in [0.1, 0.15) is 29.5 Å². The normalized spacial score (nSPS) is 13.3. The molecule has 8 nitrogen and oxygen atoms in total. The van der Waals surface area contributed by atoms with E-state index in [0.717, 1.165) is 28.5 Å². The van der Waals surface area contributed by atoms with Gasteiger partial charge in [-0.3, -0.25) is 0 Å². The highest BCUT2D eigenvalue weighted by Gasteiger charge is 2.30. The van der Waals surface area contributed by atoms with Gasteiger partial charge in [0.25, 0.3) is 0 Å². The van der Waals surface area contributed by atoms with Crippen LogP contribution in [-0.2, 0) is 30.8 Å². The molecule has 1 aliphatic rings. The molecular weight excluding hydrogens is 482 g/mol. The number of hydrogen-bond acceptors (Lipinski definition) is 7. The van der Waals surface area contributed by atoms with Gasteiger partial charge in [0, 0.05) is 12.3 Å². The zero-order chi connectivity index (χ0) is 25.7. The zero-order valence-electron chi connectivity index (χ0n) is 20.0. The number of carbonyl (C=O) groups excluding carboxylic acids is 2. The Hall–Kier alpha value is -3.85. The second-order valence-corrected chi connectivity index (χ2v) is 9.99. The molecule has 0 saturated carbocycles. The molecule has 0 aromatic heterocycles. The van der Waals surface area contributed by atoms with Crippen LogP contribution in [0, 0.1) is 0 Å². The SMILES string of the molecule is CCOC(=O)[C@H](Cc1cccc(OS(C)(=O)=O)c1)NC(=O)OCC1c2ccccc2-c2ccccc21. The first-order valence-corrected chi connectivity index (χ1v) is 13.3. The van der Waals surface area contributed by atoms with E-state index in [1.165, 1.54) is 12.1 Å². The van der Waals surface area contributed by atoms with Gasteiger partial charge in [-0.25, -0.2) is 9.59 Å². The Bertz CT molecular complexity index is 1320. The van der Waals surface area contributed by atoms with Crippen LogP contribution in [0.4, 0.5) is 4.79 Å². The van der Waals surface area contributed by atoms with E-state index in [0.29, 0.717) is 5.56 Å². The number of esters is 1. The number of rotatable bonds is 9. The second-order valence-electron chi connectivity index (χ2n) is 8.41. The number of benzene rings is 3. The van der Waals surface area contributed by atoms with E-state index in [1.54, 1.807) is 19.1 Å². The van der Waals surface area contributed by atoms with E-state index in [9.17, 15) is 18.0 Å². The zero-order valence-corrected chi connectivity index (χ0v) is 20.8. The maximum Gasteiger partial charge on any atom is 0.407 e. The standard InChI is InChI=1S/C27H27NO7S/c1-3-33-26(29)25(16-18-9-8-10-19(15-18)35-36(2,31)32)28-27(30)34-17-24-22-13-6-4-11-20(22)21-12-5-7-14-23(21)24/h4-15,24-25H,3,16-17H2,1-2H3,(H,28,30)/t25-/m0/s1. The Morgan fingerprint density at radius 1 is 0.917 bits per heavy atom. The number of fused-ring (bicyclic) bond motifs is 3. The Kier molecular flexibility index (Phi) is 7.59. The van der Waals surface area contributed by atoms with Crippen LogP contribution in [0.3, 0.4) is 0 Å². The van der Waals surface area contributed by atoms with Crippen molar-refractivity contribution in [3.8, 4) is 16.9 Å². The van der Waals surface area contributed by atoms with E-state index in [4.69, 9.17) is 13.7 Å². The van der Waals surface area contributed by atoms with Gasteiger partial charge in [0.2, 0.25) is 0 Å². The van der Waals surface area contributed by atoms with Crippen molar-refractivity contribution in [2.24, 2.45) is 0 Å². The van der Waals surface area contributed by atoms with Gasteiger partial charge < -0.3 is 19.0 Å². The summed E-state index contributed by atoms with van der Waals surface area (Å²) in [5.74, 6) is -0.631. The second kappa shape index (κ2) is 10.8. The average molecular weight is 510 g/mol. The van der Waals surface area contributed by atoms with Crippen molar-refractivity contribution in [1.29, 1.82) is 0 Å². The Morgan fingerprint density at radius 2 is 1.56 bits per heavy atom. The number of carbonyl (C=O) groups is 2. The number of hydrogen-bond donors (Lipinski definition) is 1. The summed E-state index contributed by atoms with van der Waals surface area (Å²) in [6, 6.07) is 21.3. The molecule has 0 radical (unpaired) electrons. The number of ether oxygens (including phenoxy) is 2. The molecule has 3 aromatic carbocycles. The summed E-state index contributed by atoms with van der Waals surface area (Å²) >= 11 is 0. The van der Waals surface area contributed by atoms with Gasteiger partial charge in [0.1, 0.15) is 18.4 Å². The summed E-state index contributed by atoms with van der Waals surface area (Å²) in [5.41, 5.74) is 4.96. The predicted molar refractivity (Wildman–Crippen MR) is 134 cm³/mol. The lowest BCUT2D eigenvalue weighted by Gasteiger charge is -2.19. The van der Waals surface area contributed by atoms with E-state index >= 15 is 0 Å². The van der Waals surface area contributed by atoms with Crippen LogP contribution in [-0.4, -0.2) is 46.0 Å². The summed E-state index contributed by atoms with van der Waals surface area (Å²) in [6.07, 6.45) is 0.252. The van der Waals surface area contributed by atoms with Crippen LogP contribution < -0.4 is 9.50 Å². The summed E-state index contributed by atoms with van der Waals surface area (Å²) in [5, 5.41) is 2.59. The maximum atomic E-state index is 12.7. The quantitative estimate of drug-likeness (QED) is 0.343. The van der Waals surface area contributed by atoms with Crippen molar-refractivity contribution in [1.82, 2.24) is 5.32 Å². The van der Waals surface area contributed by atoms with Crippen LogP contribution in [0.25, 0.3) is 11.1 Å². The predicted octanol–water partition coefficient (Wildman–Crippen LogP) is 4.04. The topological polar surface area (TPSA) is 108 Å². The molecule has 0 bridgehead atoms. The molecule has 0 heterocycles. The average Bonchev–Trinajstić information content (AvgIpc) is 3.15. The molecule has 0 aliphatic heterocycles. The largest absolute Gasteiger partial charge is 0.464 e. The van der Waals surface area contributed by atoms with Crippen molar-refractivity contribution in [2.75, 3.05) is 19.5 Å². The number of amides is 1. The molecular formula is C27H27NO7S. The van der Waals surface area contributed by atoms with E-state index < -0.39 is 28.2 Å². The third-order valence-electron chi connectivity index (χ3n) is 5.79. The summed E-state index contributed by atoms with van der Waals surface area (Å²) in [7, 11) is -3.71. The molecule has 188 valence electrons. The summed E-state index contributed by atoms with van der Waals surface area (Å²) in [6.45, 7) is 1.91. The van der Waals surface area contributed by atoms with Gasteiger partial charge >= 0.3 is 22.2 Å². The number of nitrogens with one attached hydrogen (secondary N) is 1. The van der Waals surface area contributed by atoms with Crippen molar-refractivity contribution < 1.29 is 31.7 Å². The first kappa shape index (κ1) is 25.2. The molecule has 3 aromatic rings. The van der Waals surface area contributed by atoms with Gasteiger partial charge in [-0.1, -0.05) is 60.7 Å². The van der Waals surface area contributed by atoms with Crippen LogP contribution in [0.15, 0.2) is 72.8 Å². The van der Waals surface area contributed by atoms with Gasteiger partial charge in [-0.05, 0) is 46.9 Å². The summed E-state index contributed by atoms with van der Waals surface area (Å²) < 4.78 is 38.5. The lowest BCUT2D eigenvalue weighted by atomic mass is 9.98. The number of alkyl carbamates (subject to hydrolysis) is 1. The van der Waals surface area contributed by atoms with Crippen LogP contribution in [0.2, 0.25) is 0 Å². The molecule has 1 N–H and O–H groups in total. The highest BCUT2D eigenvalue weighted by atomic mass is 32.2. The summed E-state index contributed by atoms with van der Waals surface area (Å²) in [4.78, 5) is 25.3. The molecule has 36 heavy (non-hydrogen) atoms. The molecule has 1 amide bonds. The fraction of sp³-hybridized carbons (Fsp3) is 0.259. The van der Waals surface area contributed by atoms with Crippen molar-refractivity contribution in [2.45, 2.75) is 25.3 Å². The van der Waals surface area contributed by atoms with Crippen molar-refractivity contribution in [3.05, 3.63) is 89.5 Å². The maximum absolute atomic E-state index is 12.7. The molecule has 0 saturated heterocycles. The lowest BCUT2D eigenvalue weighted by molar-refractivity contribution is -0.145. The van der Waals surface area contributed by atoms with Crippen LogP contribution in [0.5, 0.6) is 5.75 Å². The first-order valence-electron chi connectivity index (χ1n) is 11.5. The third-order valence-corrected chi connectivity index (χ3v) is 6.29. The third kappa shape index (κ3) is 6.04. The van der Waals surface area contributed by atoms with Gasteiger partial charge in [0.15, 0.2) is 0 Å². The molecule has 0 unspecified atom stereocenters. The van der Waals surface area contributed by atoms with E-state index in [-0.39, 0.29) is 31.3 Å². The molecule has 0 spiro atoms. The Balaban J connectivity index is 1.45. The first-order chi connectivity index (χ1) is 17.2. The monoisotopic (exact) mass is 509 g/mol.